The molecule has 14 nitrogen and oxygen atoms in total. The van der Waals surface area contributed by atoms with Gasteiger partial charge in [-0.05, 0) is 302 Å². The van der Waals surface area contributed by atoms with E-state index in [0.717, 1.165) is 123 Å². The monoisotopic (exact) mass is 1830 g/mol. The van der Waals surface area contributed by atoms with Crippen LogP contribution in [-0.2, 0) is 0 Å². The molecule has 0 saturated heterocycles. The predicted octanol–water partition coefficient (Wildman–Crippen LogP) is 28.6. The van der Waals surface area contributed by atoms with E-state index in [9.17, 15) is 58.7 Å². The number of rotatable bonds is 6. The molecule has 24 rings (SSSR count). The number of hydrogen-bond acceptors (Lipinski definition) is 14. The van der Waals surface area contributed by atoms with Crippen molar-refractivity contribution in [1.82, 2.24) is 0 Å². The van der Waals surface area contributed by atoms with Gasteiger partial charge in [-0.15, -0.1) is 0 Å². The minimum atomic E-state index is -1.58. The van der Waals surface area contributed by atoms with Crippen LogP contribution in [-0.4, -0.2) is 43.0 Å². The van der Waals surface area contributed by atoms with Crippen molar-refractivity contribution in [2.24, 2.45) is 47.3 Å². The molecule has 136 heavy (non-hydrogen) atoms. The normalized spacial score (nSPS) is 27.8. The lowest BCUT2D eigenvalue weighted by atomic mass is 9.80. The van der Waals surface area contributed by atoms with Crippen LogP contribution in [0.4, 0.5) is 17.6 Å². The third-order valence-corrected chi connectivity index (χ3v) is 30.6. The van der Waals surface area contributed by atoms with Crippen LogP contribution < -0.4 is 28.4 Å². The molecule has 6 fully saturated rings. The SMILES string of the molecule is C=C1C[C@H]2[C@@H](C1)c1cc(O)ccc1O[C@H]2c1ccc(C)cc1.Cc1ccc([C@@H]2Oc3ccc(O)cc3[C@@H]3CC(=C(F)F)C[C@@H]32)cc1.Cc1ccc([C@@H]2Oc3ccc(O)cc3[C@@H]3C[C@@H](C#N)C[C@@H]32)cc1.Cc1ccc([C@@H]2Oc3ccc(O)cc3[C@@H]3C[C@@H](F)C[C@@H]32)cc1.Cc1ccc([C@@H]2Oc3ccc(O)cc3[C@@H]3C[C@H](C#N)C[C@@H]32)cc1.Cc1ccc([C@@H]2Oc3ccc(O)cc3[C@@H]3C[C@H](F)C[C@@H]32)cc1. The van der Waals surface area contributed by atoms with Crippen LogP contribution >= 0.6 is 0 Å². The summed E-state index contributed by atoms with van der Waals surface area (Å²) in [6.07, 6.45) is 4.58. The molecule has 0 unspecified atom stereocenters. The van der Waals surface area contributed by atoms with Gasteiger partial charge in [0.05, 0.1) is 12.1 Å². The highest BCUT2D eigenvalue weighted by molar-refractivity contribution is 5.54. The van der Waals surface area contributed by atoms with E-state index in [4.69, 9.17) is 28.4 Å². The first kappa shape index (κ1) is 91.5. The molecule has 12 aromatic rings. The van der Waals surface area contributed by atoms with Gasteiger partial charge in [0, 0.05) is 80.7 Å². The molecule has 6 heterocycles. The molecule has 0 amide bonds. The number of allylic oxidation sites excluding steroid dienone is 2. The summed E-state index contributed by atoms with van der Waals surface area (Å²) in [6, 6.07) is 86.5. The van der Waals surface area contributed by atoms with Crippen LogP contribution in [0, 0.1) is 112 Å². The Morgan fingerprint density at radius 1 is 0.272 bits per heavy atom. The highest BCUT2D eigenvalue weighted by Gasteiger charge is 2.52. The zero-order valence-corrected chi connectivity index (χ0v) is 77.2. The van der Waals surface area contributed by atoms with Gasteiger partial charge in [0.1, 0.15) is 118 Å². The number of aromatic hydroxyl groups is 6. The van der Waals surface area contributed by atoms with Crippen molar-refractivity contribution in [3.05, 3.63) is 379 Å². The Labute approximate surface area is 792 Å². The van der Waals surface area contributed by atoms with Crippen molar-refractivity contribution < 1.29 is 76.6 Å². The lowest BCUT2D eigenvalue weighted by molar-refractivity contribution is 0.102. The summed E-state index contributed by atoms with van der Waals surface area (Å²) in [6.45, 7) is 16.6. The number of benzene rings is 12. The van der Waals surface area contributed by atoms with Crippen LogP contribution in [0.5, 0.6) is 69.0 Å². The molecule has 696 valence electrons. The molecule has 12 aromatic carbocycles. The van der Waals surface area contributed by atoms with E-state index in [-0.39, 0.29) is 142 Å². The van der Waals surface area contributed by atoms with E-state index in [1.165, 1.54) is 50.1 Å². The molecule has 0 bridgehead atoms. The molecule has 18 heteroatoms. The van der Waals surface area contributed by atoms with E-state index in [0.29, 0.717) is 61.9 Å². The number of alkyl halides is 2. The van der Waals surface area contributed by atoms with Gasteiger partial charge in [0.25, 0.3) is 6.08 Å². The molecule has 22 atom stereocenters. The number of fused-ring (bicyclic) bond motifs is 18. The number of hydrogen-bond donors (Lipinski definition) is 6. The lowest BCUT2D eigenvalue weighted by Gasteiger charge is -2.36. The second-order valence-electron chi connectivity index (χ2n) is 39.8. The second kappa shape index (κ2) is 38.7. The summed E-state index contributed by atoms with van der Waals surface area (Å²) in [5, 5.41) is 77.5. The first-order valence-corrected chi connectivity index (χ1v) is 47.8. The number of phenols is 6. The van der Waals surface area contributed by atoms with Crippen molar-refractivity contribution in [1.29, 1.82) is 10.5 Å². The van der Waals surface area contributed by atoms with E-state index in [2.05, 4.69) is 175 Å². The fraction of sp³-hybridized carbons (Fsp3) is 0.339. The predicted molar refractivity (Wildman–Crippen MR) is 515 cm³/mol. The molecular formula is C118H114F4N2O12. The summed E-state index contributed by atoms with van der Waals surface area (Å²) < 4.78 is 92.0. The highest BCUT2D eigenvalue weighted by atomic mass is 19.3. The van der Waals surface area contributed by atoms with Crippen molar-refractivity contribution in [2.45, 2.75) is 203 Å². The van der Waals surface area contributed by atoms with E-state index >= 15 is 0 Å². The molecular weight excluding hydrogens is 1710 g/mol. The van der Waals surface area contributed by atoms with Crippen LogP contribution in [0.15, 0.2) is 279 Å². The quantitative estimate of drug-likeness (QED) is 0.0673. The van der Waals surface area contributed by atoms with Gasteiger partial charge in [-0.2, -0.15) is 19.3 Å². The number of phenolic OH excluding ortho intramolecular Hbond substituents is 6. The average Bonchev–Trinajstić information content (AvgIpc) is 1.66. The van der Waals surface area contributed by atoms with Crippen molar-refractivity contribution in [2.75, 3.05) is 0 Å². The van der Waals surface area contributed by atoms with Crippen molar-refractivity contribution in [3.8, 4) is 81.1 Å². The maximum absolute atomic E-state index is 14.1. The van der Waals surface area contributed by atoms with Crippen LogP contribution in [0.3, 0.4) is 0 Å². The average molecular weight is 1830 g/mol. The Kier molecular flexibility index (Phi) is 26.0. The topological polar surface area (TPSA) is 224 Å². The Morgan fingerprint density at radius 3 is 0.743 bits per heavy atom. The third kappa shape index (κ3) is 19.0. The lowest BCUT2D eigenvalue weighted by Crippen LogP contribution is -2.26. The number of halogens is 4. The van der Waals surface area contributed by atoms with Gasteiger partial charge in [0.2, 0.25) is 0 Å². The zero-order chi connectivity index (χ0) is 94.6. The first-order valence-electron chi connectivity index (χ1n) is 47.8. The Hall–Kier alpha value is -13.6. The molecule has 12 aliphatic rings. The summed E-state index contributed by atoms with van der Waals surface area (Å²) >= 11 is 0. The van der Waals surface area contributed by atoms with E-state index in [1.54, 1.807) is 84.9 Å². The molecule has 0 aromatic heterocycles. The maximum Gasteiger partial charge on any atom is 0.269 e. The number of nitrogens with zero attached hydrogens (tertiary/aromatic N) is 2. The standard InChI is InChI=1S/C20H18F2O2.2C20H19NO2.C20H20O2.2C19H19FO2/c1-11-2-4-12(5-3-11)19-17-9-13(20(21)22)8-15(17)16-10-14(23)6-7-18(16)24-19;2*1-12-2-4-14(5-3-12)20-18-9-13(11-21)8-16(18)17-10-15(22)6-7-19(17)23-20;1-12-3-5-14(6-4-12)20-18-10-13(2)9-16(18)17-11-15(21)7-8-19(17)22-20;2*1-11-2-4-12(5-3-11)19-17-9-13(20)8-15(17)16-10-14(21)6-7-18(16)22-19/h2-7,10,15,17,19,23H,8-9H2,1H3;2*2-7,10,13,16,18,20,22H,8-9H2,1H3;3-8,11,16,18,20-21H,2,9-10H2,1H3;2*2-7,10,13,15,17,19,21H,8-9H2,1H3/t15-,17-,19-;13-,16+,18+,20+;13-,16-,18-,20-;16-,18-,20-;13-,15+,17+,19+;13-,15-,17-,19-/m010010/s1. The Bertz CT molecular complexity index is 6250. The Morgan fingerprint density at radius 2 is 0.493 bits per heavy atom. The highest BCUT2D eigenvalue weighted by Crippen LogP contribution is 2.63. The van der Waals surface area contributed by atoms with E-state index in [1.807, 2.05) is 55.5 Å². The van der Waals surface area contributed by atoms with Gasteiger partial charge in [-0.25, -0.2) is 8.78 Å². The fourth-order valence-electron chi connectivity index (χ4n) is 23.9. The summed E-state index contributed by atoms with van der Waals surface area (Å²) in [5.41, 5.74) is 21.5. The maximum atomic E-state index is 14.1. The largest absolute Gasteiger partial charge is 0.508 e. The summed E-state index contributed by atoms with van der Waals surface area (Å²) in [5.74, 6) is 8.72. The molecule has 0 radical (unpaired) electrons. The molecule has 6 aliphatic heterocycles. The molecule has 0 spiro atoms. The smallest absolute Gasteiger partial charge is 0.269 e. The van der Waals surface area contributed by atoms with Gasteiger partial charge in [-0.1, -0.05) is 191 Å². The van der Waals surface area contributed by atoms with Crippen LogP contribution in [0.1, 0.15) is 249 Å². The van der Waals surface area contributed by atoms with E-state index < -0.39 is 18.4 Å². The third-order valence-electron chi connectivity index (χ3n) is 30.6. The van der Waals surface area contributed by atoms with Gasteiger partial charge < -0.3 is 59.1 Å². The van der Waals surface area contributed by atoms with Crippen molar-refractivity contribution >= 4 is 0 Å². The number of aryl methyl sites for hydroxylation is 6. The summed E-state index contributed by atoms with van der Waals surface area (Å²) in [7, 11) is 0. The molecule has 6 saturated carbocycles. The minimum absolute atomic E-state index is 0.0176. The fourth-order valence-corrected chi connectivity index (χ4v) is 23.9. The van der Waals surface area contributed by atoms with Gasteiger partial charge >= 0.3 is 0 Å². The van der Waals surface area contributed by atoms with Gasteiger partial charge in [-0.3, -0.25) is 0 Å². The summed E-state index contributed by atoms with van der Waals surface area (Å²) in [4.78, 5) is 0. The molecule has 6 N–H and O–H groups in total. The Balaban J connectivity index is 0.000000105. The second-order valence-corrected chi connectivity index (χ2v) is 39.8. The van der Waals surface area contributed by atoms with Crippen molar-refractivity contribution in [3.63, 3.8) is 0 Å². The number of nitriles is 2. The molecule has 6 aliphatic carbocycles. The van der Waals surface area contributed by atoms with Crippen LogP contribution in [0.25, 0.3) is 0 Å². The first-order chi connectivity index (χ1) is 65.7. The zero-order valence-electron chi connectivity index (χ0n) is 77.2. The van der Waals surface area contributed by atoms with Gasteiger partial charge in [0.15, 0.2) is 0 Å². The minimum Gasteiger partial charge on any atom is -0.508 e. The number of ether oxygens (including phenoxy) is 6. The van der Waals surface area contributed by atoms with Crippen LogP contribution in [0.2, 0.25) is 0 Å².